The van der Waals surface area contributed by atoms with Crippen LogP contribution >= 0.6 is 11.8 Å². The van der Waals surface area contributed by atoms with Crippen molar-refractivity contribution >= 4 is 11.8 Å². The summed E-state index contributed by atoms with van der Waals surface area (Å²) < 4.78 is 63.0. The number of alkyl halides is 3. The molecule has 0 spiro atoms. The summed E-state index contributed by atoms with van der Waals surface area (Å²) in [7, 11) is 0. The number of benzene rings is 1. The normalized spacial score (nSPS) is 11.6. The monoisotopic (exact) mass is 290 g/mol. The lowest BCUT2D eigenvalue weighted by atomic mass is 10.3. The Morgan fingerprint density at radius 2 is 1.79 bits per heavy atom. The fourth-order valence-electron chi connectivity index (χ4n) is 1.25. The molecule has 7 heteroatoms. The highest BCUT2D eigenvalue weighted by Crippen LogP contribution is 2.33. The van der Waals surface area contributed by atoms with Gasteiger partial charge in [-0.1, -0.05) is 11.8 Å². The van der Waals surface area contributed by atoms with E-state index in [2.05, 4.69) is 11.2 Å². The summed E-state index contributed by atoms with van der Waals surface area (Å²) in [6.45, 7) is 0. The lowest BCUT2D eigenvalue weighted by Crippen LogP contribution is -2.05. The first kappa shape index (κ1) is 13.8. The molecule has 0 aliphatic carbocycles. The van der Waals surface area contributed by atoms with E-state index in [0.717, 1.165) is 30.0 Å². The zero-order chi connectivity index (χ0) is 14.0. The van der Waals surface area contributed by atoms with E-state index in [0.29, 0.717) is 6.20 Å². The Labute approximate surface area is 109 Å². The topological polar surface area (TPSA) is 12.9 Å². The second-order valence-corrected chi connectivity index (χ2v) is 4.63. The molecule has 0 atom stereocenters. The van der Waals surface area contributed by atoms with Crippen LogP contribution in [0, 0.1) is 17.8 Å². The van der Waals surface area contributed by atoms with E-state index < -0.39 is 23.4 Å². The first-order chi connectivity index (χ1) is 8.86. The van der Waals surface area contributed by atoms with Crippen LogP contribution in [0.2, 0.25) is 0 Å². The van der Waals surface area contributed by atoms with E-state index in [9.17, 15) is 22.0 Å². The largest absolute Gasteiger partial charge is 0.417 e. The van der Waals surface area contributed by atoms with E-state index >= 15 is 0 Å². The van der Waals surface area contributed by atoms with Gasteiger partial charge in [0, 0.05) is 16.0 Å². The van der Waals surface area contributed by atoms with Crippen LogP contribution < -0.4 is 0 Å². The molecular weight excluding hydrogens is 285 g/mol. The van der Waals surface area contributed by atoms with Gasteiger partial charge in [0.05, 0.1) is 5.56 Å². The van der Waals surface area contributed by atoms with Gasteiger partial charge >= 0.3 is 6.18 Å². The Hall–Kier alpha value is -1.63. The van der Waals surface area contributed by atoms with Crippen LogP contribution in [0.4, 0.5) is 22.0 Å². The van der Waals surface area contributed by atoms with E-state index in [4.69, 9.17) is 0 Å². The molecule has 2 rings (SSSR count). The maximum absolute atomic E-state index is 13.0. The van der Waals surface area contributed by atoms with Gasteiger partial charge in [-0.15, -0.1) is 0 Å². The summed E-state index contributed by atoms with van der Waals surface area (Å²) >= 11 is 0.816. The fourth-order valence-corrected chi connectivity index (χ4v) is 2.09. The van der Waals surface area contributed by atoms with E-state index in [-0.39, 0.29) is 9.79 Å². The van der Waals surface area contributed by atoms with Crippen molar-refractivity contribution in [3.8, 4) is 0 Å². The van der Waals surface area contributed by atoms with Gasteiger partial charge in [0.2, 0.25) is 0 Å². The van der Waals surface area contributed by atoms with Crippen LogP contribution in [-0.4, -0.2) is 4.98 Å². The molecule has 0 saturated carbocycles. The first-order valence-electron chi connectivity index (χ1n) is 4.94. The van der Waals surface area contributed by atoms with Gasteiger partial charge in [0.1, 0.15) is 6.20 Å². The third kappa shape index (κ3) is 3.44. The predicted molar refractivity (Wildman–Crippen MR) is 58.6 cm³/mol. The molecule has 0 aliphatic rings. The minimum atomic E-state index is -4.51. The SMILES string of the molecule is Fc1ccc(Sc2[c]ncc(C(F)(F)F)c2)cc1F. The maximum atomic E-state index is 13.0. The van der Waals surface area contributed by atoms with Crippen molar-refractivity contribution in [2.45, 2.75) is 16.0 Å². The van der Waals surface area contributed by atoms with Crippen molar-refractivity contribution in [1.82, 2.24) is 4.98 Å². The summed E-state index contributed by atoms with van der Waals surface area (Å²) in [5, 5.41) is 0. The van der Waals surface area contributed by atoms with E-state index in [1.807, 2.05) is 0 Å². The van der Waals surface area contributed by atoms with E-state index in [1.165, 1.54) is 6.07 Å². The highest BCUT2D eigenvalue weighted by atomic mass is 32.2. The predicted octanol–water partition coefficient (Wildman–Crippen LogP) is 4.33. The van der Waals surface area contributed by atoms with E-state index in [1.54, 1.807) is 0 Å². The van der Waals surface area contributed by atoms with Crippen LogP contribution in [-0.2, 0) is 6.18 Å². The van der Waals surface area contributed by atoms with Crippen LogP contribution in [0.5, 0.6) is 0 Å². The molecule has 0 saturated heterocycles. The third-order valence-corrected chi connectivity index (χ3v) is 3.03. The Morgan fingerprint density at radius 3 is 2.42 bits per heavy atom. The van der Waals surface area contributed by atoms with Crippen molar-refractivity contribution in [1.29, 1.82) is 0 Å². The number of nitrogens with zero attached hydrogens (tertiary/aromatic N) is 1. The quantitative estimate of drug-likeness (QED) is 0.763. The molecule has 0 fully saturated rings. The van der Waals surface area contributed by atoms with Gasteiger partial charge in [-0.25, -0.2) is 8.78 Å². The standard InChI is InChI=1S/C12H5F5NS/c13-10-2-1-8(4-11(10)14)19-9-3-7(5-18-6-9)12(15,16)17/h1-5H. The average molecular weight is 290 g/mol. The van der Waals surface area contributed by atoms with Crippen molar-refractivity contribution in [2.24, 2.45) is 0 Å². The number of halogens is 5. The highest BCUT2D eigenvalue weighted by molar-refractivity contribution is 7.99. The molecule has 0 N–H and O–H groups in total. The van der Waals surface area contributed by atoms with Crippen molar-refractivity contribution in [2.75, 3.05) is 0 Å². The number of hydrogen-bond acceptors (Lipinski definition) is 2. The Balaban J connectivity index is 2.26. The molecule has 1 aromatic heterocycles. The zero-order valence-corrected chi connectivity index (χ0v) is 9.95. The molecular formula is C12H5F5NS. The van der Waals surface area contributed by atoms with Crippen molar-refractivity contribution in [3.05, 3.63) is 53.9 Å². The highest BCUT2D eigenvalue weighted by Gasteiger charge is 2.31. The van der Waals surface area contributed by atoms with Gasteiger partial charge in [-0.05, 0) is 24.3 Å². The molecule has 1 nitrogen and oxygen atoms in total. The Bertz CT molecular complexity index is 597. The van der Waals surface area contributed by atoms with Crippen LogP contribution in [0.15, 0.2) is 40.3 Å². The van der Waals surface area contributed by atoms with Crippen LogP contribution in [0.25, 0.3) is 0 Å². The van der Waals surface area contributed by atoms with Crippen LogP contribution in [0.3, 0.4) is 0 Å². The summed E-state index contributed by atoms with van der Waals surface area (Å²) in [5.74, 6) is -2.08. The number of aromatic nitrogens is 1. The third-order valence-electron chi connectivity index (χ3n) is 2.11. The summed E-state index contributed by atoms with van der Waals surface area (Å²) in [6, 6.07) is 3.91. The fraction of sp³-hybridized carbons (Fsp3) is 0.0833. The molecule has 0 bridgehead atoms. The second kappa shape index (κ2) is 5.16. The summed E-state index contributed by atoms with van der Waals surface area (Å²) in [6.07, 6.45) is -1.50. The molecule has 1 aromatic carbocycles. The first-order valence-corrected chi connectivity index (χ1v) is 5.76. The van der Waals surface area contributed by atoms with Gasteiger partial charge in [-0.2, -0.15) is 13.2 Å². The molecule has 2 aromatic rings. The maximum Gasteiger partial charge on any atom is 0.417 e. The van der Waals surface area contributed by atoms with Gasteiger partial charge < -0.3 is 0 Å². The average Bonchev–Trinajstić information content (AvgIpc) is 2.33. The van der Waals surface area contributed by atoms with Gasteiger partial charge in [-0.3, -0.25) is 4.98 Å². The molecule has 1 heterocycles. The molecule has 0 unspecified atom stereocenters. The number of pyridine rings is 1. The van der Waals surface area contributed by atoms with Gasteiger partial charge in [0.15, 0.2) is 11.6 Å². The molecule has 99 valence electrons. The zero-order valence-electron chi connectivity index (χ0n) is 9.13. The molecule has 19 heavy (non-hydrogen) atoms. The molecule has 1 radical (unpaired) electrons. The van der Waals surface area contributed by atoms with Crippen LogP contribution in [0.1, 0.15) is 5.56 Å². The minimum absolute atomic E-state index is 0.0702. The minimum Gasteiger partial charge on any atom is -0.253 e. The van der Waals surface area contributed by atoms with Crippen molar-refractivity contribution in [3.63, 3.8) is 0 Å². The lowest BCUT2D eigenvalue weighted by molar-refractivity contribution is -0.138. The molecule has 0 aliphatic heterocycles. The Morgan fingerprint density at radius 1 is 1.05 bits per heavy atom. The van der Waals surface area contributed by atoms with Crippen molar-refractivity contribution < 1.29 is 22.0 Å². The second-order valence-electron chi connectivity index (χ2n) is 3.51. The molecule has 0 amide bonds. The van der Waals surface area contributed by atoms with Gasteiger partial charge in [0.25, 0.3) is 0 Å². The smallest absolute Gasteiger partial charge is 0.253 e. The Kier molecular flexibility index (Phi) is 3.75. The lowest BCUT2D eigenvalue weighted by Gasteiger charge is -2.07. The number of rotatable bonds is 2. The summed E-state index contributed by atoms with van der Waals surface area (Å²) in [5.41, 5.74) is -0.920. The number of hydrogen-bond donors (Lipinski definition) is 0. The summed E-state index contributed by atoms with van der Waals surface area (Å²) in [4.78, 5) is 3.68.